The normalized spacial score (nSPS) is 11.4. The number of nitrogens with one attached hydrogen (secondary N) is 1. The lowest BCUT2D eigenvalue weighted by Crippen LogP contribution is -2.17. The summed E-state index contributed by atoms with van der Waals surface area (Å²) in [5.74, 6) is 1.19. The second kappa shape index (κ2) is 11.7. The fraction of sp³-hybridized carbons (Fsp3) is 0.250. The highest BCUT2D eigenvalue weighted by molar-refractivity contribution is 7.89. The van der Waals surface area contributed by atoms with Crippen LogP contribution in [0.2, 0.25) is 10.0 Å². The molecule has 3 N–H and O–H groups in total. The summed E-state index contributed by atoms with van der Waals surface area (Å²) in [6.07, 6.45) is 0.724. The zero-order valence-electron chi connectivity index (χ0n) is 18.2. The average Bonchev–Trinajstić information content (AvgIpc) is 2.77. The van der Waals surface area contributed by atoms with Crippen LogP contribution in [-0.2, 0) is 29.6 Å². The molecule has 6 nitrogen and oxygen atoms in total. The van der Waals surface area contributed by atoms with Crippen molar-refractivity contribution in [1.29, 1.82) is 0 Å². The number of halogens is 2. The summed E-state index contributed by atoms with van der Waals surface area (Å²) in [6, 6.07) is 17.7. The van der Waals surface area contributed by atoms with Gasteiger partial charge in [0.25, 0.3) is 0 Å². The molecule has 33 heavy (non-hydrogen) atoms. The van der Waals surface area contributed by atoms with Crippen molar-refractivity contribution in [3.05, 3.63) is 87.4 Å². The van der Waals surface area contributed by atoms with Gasteiger partial charge in [-0.3, -0.25) is 0 Å². The Morgan fingerprint density at radius 2 is 1.67 bits per heavy atom. The zero-order chi connectivity index (χ0) is 23.8. The van der Waals surface area contributed by atoms with Crippen molar-refractivity contribution in [2.75, 3.05) is 13.2 Å². The van der Waals surface area contributed by atoms with Gasteiger partial charge >= 0.3 is 0 Å². The van der Waals surface area contributed by atoms with Crippen LogP contribution in [0.1, 0.15) is 23.6 Å². The first-order chi connectivity index (χ1) is 15.8. The second-order valence-corrected chi connectivity index (χ2v) is 9.76. The molecular formula is C24H26Cl2N2O4S. The van der Waals surface area contributed by atoms with Gasteiger partial charge < -0.3 is 14.8 Å². The van der Waals surface area contributed by atoms with Crippen LogP contribution in [0.25, 0.3) is 0 Å². The van der Waals surface area contributed by atoms with Gasteiger partial charge in [-0.25, -0.2) is 13.6 Å². The first-order valence-electron chi connectivity index (χ1n) is 10.4. The SMILES string of the molecule is CCOc1cc(CNCCc2ccc(S(N)(=O)=O)cc2)c(Cl)cc1OCc1cccc(Cl)c1. The molecule has 3 aromatic carbocycles. The van der Waals surface area contributed by atoms with Crippen molar-refractivity contribution in [3.8, 4) is 11.5 Å². The molecule has 0 fully saturated rings. The van der Waals surface area contributed by atoms with Gasteiger partial charge in [-0.2, -0.15) is 0 Å². The maximum absolute atomic E-state index is 11.3. The highest BCUT2D eigenvalue weighted by Crippen LogP contribution is 2.34. The smallest absolute Gasteiger partial charge is 0.238 e. The topological polar surface area (TPSA) is 90.6 Å². The molecule has 0 bridgehead atoms. The van der Waals surface area contributed by atoms with Crippen LogP contribution >= 0.6 is 23.2 Å². The average molecular weight is 509 g/mol. The number of sulfonamides is 1. The van der Waals surface area contributed by atoms with Gasteiger partial charge in [-0.05, 0) is 66.9 Å². The summed E-state index contributed by atoms with van der Waals surface area (Å²) in [4.78, 5) is 0.104. The van der Waals surface area contributed by atoms with E-state index in [1.165, 1.54) is 12.1 Å². The van der Waals surface area contributed by atoms with Gasteiger partial charge in [0, 0.05) is 22.7 Å². The first-order valence-corrected chi connectivity index (χ1v) is 12.7. The number of primary sulfonamides is 1. The Bertz CT molecular complexity index is 1190. The Morgan fingerprint density at radius 1 is 0.939 bits per heavy atom. The van der Waals surface area contributed by atoms with Crippen molar-refractivity contribution >= 4 is 33.2 Å². The van der Waals surface area contributed by atoms with E-state index >= 15 is 0 Å². The molecule has 0 saturated heterocycles. The van der Waals surface area contributed by atoms with Crippen LogP contribution in [0.4, 0.5) is 0 Å². The van der Waals surface area contributed by atoms with Gasteiger partial charge in [0.2, 0.25) is 10.0 Å². The van der Waals surface area contributed by atoms with Crippen LogP contribution in [-0.4, -0.2) is 21.6 Å². The monoisotopic (exact) mass is 508 g/mol. The van der Waals surface area contributed by atoms with E-state index in [9.17, 15) is 8.42 Å². The molecule has 3 aromatic rings. The van der Waals surface area contributed by atoms with Crippen molar-refractivity contribution in [3.63, 3.8) is 0 Å². The van der Waals surface area contributed by atoms with Crippen LogP contribution < -0.4 is 19.9 Å². The van der Waals surface area contributed by atoms with Crippen LogP contribution in [0.15, 0.2) is 65.6 Å². The Kier molecular flexibility index (Phi) is 9.00. The summed E-state index contributed by atoms with van der Waals surface area (Å²) >= 11 is 12.5. The molecule has 0 aromatic heterocycles. The number of hydrogen-bond donors (Lipinski definition) is 2. The molecule has 0 amide bonds. The summed E-state index contributed by atoms with van der Waals surface area (Å²) in [5, 5.41) is 9.71. The number of rotatable bonds is 11. The summed E-state index contributed by atoms with van der Waals surface area (Å²) < 4.78 is 34.4. The minimum absolute atomic E-state index is 0.104. The van der Waals surface area contributed by atoms with Crippen LogP contribution in [0.5, 0.6) is 11.5 Å². The lowest BCUT2D eigenvalue weighted by Gasteiger charge is -2.15. The Labute approximate surface area is 204 Å². The van der Waals surface area contributed by atoms with Crippen molar-refractivity contribution in [2.24, 2.45) is 5.14 Å². The van der Waals surface area contributed by atoms with Gasteiger partial charge in [0.05, 0.1) is 11.5 Å². The van der Waals surface area contributed by atoms with Crippen molar-refractivity contribution in [2.45, 2.75) is 31.4 Å². The van der Waals surface area contributed by atoms with E-state index in [4.69, 9.17) is 37.8 Å². The quantitative estimate of drug-likeness (QED) is 0.357. The molecule has 0 unspecified atom stereocenters. The zero-order valence-corrected chi connectivity index (χ0v) is 20.5. The summed E-state index contributed by atoms with van der Waals surface area (Å²) in [5.41, 5.74) is 2.84. The maximum Gasteiger partial charge on any atom is 0.238 e. The largest absolute Gasteiger partial charge is 0.490 e. The summed E-state index contributed by atoms with van der Waals surface area (Å²) in [6.45, 7) is 3.98. The fourth-order valence-electron chi connectivity index (χ4n) is 3.18. The lowest BCUT2D eigenvalue weighted by molar-refractivity contribution is 0.269. The fourth-order valence-corrected chi connectivity index (χ4v) is 4.13. The van der Waals surface area contributed by atoms with E-state index in [1.807, 2.05) is 37.3 Å². The summed E-state index contributed by atoms with van der Waals surface area (Å²) in [7, 11) is -3.68. The number of hydrogen-bond acceptors (Lipinski definition) is 5. The van der Waals surface area contributed by atoms with E-state index in [0.717, 1.165) is 23.1 Å². The number of ether oxygens (including phenoxy) is 2. The minimum atomic E-state index is -3.68. The van der Waals surface area contributed by atoms with Gasteiger partial charge in [0.1, 0.15) is 6.61 Å². The standard InChI is InChI=1S/C24H26Cl2N2O4S/c1-2-31-23-13-19(15-28-11-10-17-6-8-21(9-7-17)33(27,29)30)22(26)14-24(23)32-16-18-4-3-5-20(25)12-18/h3-9,12-14,28H,2,10-11,15-16H2,1H3,(H2,27,29,30). The molecule has 0 radical (unpaired) electrons. The Balaban J connectivity index is 1.59. The number of nitrogens with two attached hydrogens (primary N) is 1. The predicted molar refractivity (Wildman–Crippen MR) is 132 cm³/mol. The Hall–Kier alpha value is -2.29. The van der Waals surface area contributed by atoms with E-state index in [0.29, 0.717) is 47.8 Å². The third kappa shape index (κ3) is 7.62. The predicted octanol–water partition coefficient (Wildman–Crippen LogP) is 4.95. The number of benzene rings is 3. The second-order valence-electron chi connectivity index (χ2n) is 7.36. The van der Waals surface area contributed by atoms with Gasteiger partial charge in [-0.15, -0.1) is 0 Å². The molecule has 0 aliphatic carbocycles. The highest BCUT2D eigenvalue weighted by Gasteiger charge is 2.12. The van der Waals surface area contributed by atoms with Crippen molar-refractivity contribution < 1.29 is 17.9 Å². The third-order valence-corrected chi connectivity index (χ3v) is 6.37. The molecule has 0 aliphatic heterocycles. The highest BCUT2D eigenvalue weighted by atomic mass is 35.5. The third-order valence-electron chi connectivity index (χ3n) is 4.85. The minimum Gasteiger partial charge on any atom is -0.490 e. The maximum atomic E-state index is 11.3. The van der Waals surface area contributed by atoms with Gasteiger partial charge in [0.15, 0.2) is 11.5 Å². The molecule has 176 valence electrons. The molecule has 0 spiro atoms. The molecule has 0 saturated carbocycles. The van der Waals surface area contributed by atoms with E-state index in [-0.39, 0.29) is 4.90 Å². The molecule has 3 rings (SSSR count). The Morgan fingerprint density at radius 3 is 2.33 bits per heavy atom. The van der Waals surface area contributed by atoms with E-state index in [1.54, 1.807) is 18.2 Å². The first kappa shape index (κ1) is 25.3. The van der Waals surface area contributed by atoms with Gasteiger partial charge in [-0.1, -0.05) is 47.5 Å². The molecule has 0 atom stereocenters. The van der Waals surface area contributed by atoms with Crippen LogP contribution in [0, 0.1) is 0 Å². The van der Waals surface area contributed by atoms with Crippen LogP contribution in [0.3, 0.4) is 0 Å². The molecule has 9 heteroatoms. The van der Waals surface area contributed by atoms with Crippen molar-refractivity contribution in [1.82, 2.24) is 5.32 Å². The van der Waals surface area contributed by atoms with E-state index in [2.05, 4.69) is 5.32 Å². The molecule has 0 heterocycles. The molecule has 0 aliphatic rings. The molecular weight excluding hydrogens is 483 g/mol. The lowest BCUT2D eigenvalue weighted by atomic mass is 10.1. The van der Waals surface area contributed by atoms with E-state index < -0.39 is 10.0 Å².